The van der Waals surface area contributed by atoms with Gasteiger partial charge in [-0.05, 0) is 12.1 Å². The molecule has 6 nitrogen and oxygen atoms in total. The van der Waals surface area contributed by atoms with E-state index in [-0.39, 0.29) is 0 Å². The fourth-order valence-corrected chi connectivity index (χ4v) is 1.74. The third-order valence-corrected chi connectivity index (χ3v) is 2.58. The summed E-state index contributed by atoms with van der Waals surface area (Å²) in [4.78, 5) is 8.26. The number of rotatable bonds is 1. The molecule has 2 heterocycles. The number of nitrogens with zero attached hydrogens (tertiary/aromatic N) is 5. The molecule has 0 aliphatic rings. The van der Waals surface area contributed by atoms with Gasteiger partial charge in [-0.2, -0.15) is 10.4 Å². The highest BCUT2D eigenvalue weighted by Gasteiger charge is 2.07. The zero-order valence-corrected chi connectivity index (χ0v) is 9.28. The molecule has 0 unspecified atom stereocenters. The van der Waals surface area contributed by atoms with Gasteiger partial charge in [0.05, 0.1) is 23.5 Å². The van der Waals surface area contributed by atoms with E-state index in [0.717, 1.165) is 5.56 Å². The maximum absolute atomic E-state index is 8.88. The van der Waals surface area contributed by atoms with Crippen LogP contribution in [0.25, 0.3) is 16.9 Å². The van der Waals surface area contributed by atoms with Crippen LogP contribution in [0.15, 0.2) is 36.8 Å². The summed E-state index contributed by atoms with van der Waals surface area (Å²) < 4.78 is 1.57. The van der Waals surface area contributed by atoms with Gasteiger partial charge in [0.2, 0.25) is 0 Å². The summed E-state index contributed by atoms with van der Waals surface area (Å²) in [6.45, 7) is 0. The van der Waals surface area contributed by atoms with Crippen molar-refractivity contribution in [1.82, 2.24) is 19.6 Å². The fraction of sp³-hybridized carbons (Fsp3) is 0. The van der Waals surface area contributed by atoms with Crippen LogP contribution in [0, 0.1) is 11.3 Å². The third-order valence-electron chi connectivity index (χ3n) is 2.58. The molecule has 0 fully saturated rings. The molecule has 86 valence electrons. The van der Waals surface area contributed by atoms with Crippen molar-refractivity contribution in [2.45, 2.75) is 0 Å². The predicted octanol–water partition coefficient (Wildman–Crippen LogP) is 1.25. The van der Waals surface area contributed by atoms with Gasteiger partial charge < -0.3 is 5.73 Å². The Bertz CT molecular complexity index is 768. The number of anilines is 1. The standard InChI is InChI=1S/C12H8N6/c13-5-8-2-1-3-9(4-8)10-6-18-12(11(14)17-10)15-7-16-18/h1-4,6-7H,(H2,14,17). The number of nitriles is 1. The second kappa shape index (κ2) is 3.82. The molecule has 3 aromatic rings. The van der Waals surface area contributed by atoms with E-state index in [1.807, 2.05) is 6.07 Å². The van der Waals surface area contributed by atoms with Crippen LogP contribution >= 0.6 is 0 Å². The molecule has 0 atom stereocenters. The van der Waals surface area contributed by atoms with Crippen molar-refractivity contribution < 1.29 is 0 Å². The predicted molar refractivity (Wildman–Crippen MR) is 65.3 cm³/mol. The van der Waals surface area contributed by atoms with Gasteiger partial charge in [0, 0.05) is 5.56 Å². The Hall–Kier alpha value is -2.94. The van der Waals surface area contributed by atoms with E-state index in [4.69, 9.17) is 11.0 Å². The number of nitrogen functional groups attached to an aromatic ring is 1. The second-order valence-electron chi connectivity index (χ2n) is 3.73. The van der Waals surface area contributed by atoms with Crippen LogP contribution in [-0.4, -0.2) is 19.6 Å². The summed E-state index contributed by atoms with van der Waals surface area (Å²) in [5.74, 6) is 0.312. The van der Waals surface area contributed by atoms with Gasteiger partial charge in [0.25, 0.3) is 0 Å². The lowest BCUT2D eigenvalue weighted by Gasteiger charge is -2.03. The summed E-state index contributed by atoms with van der Waals surface area (Å²) in [6.07, 6.45) is 3.15. The molecule has 18 heavy (non-hydrogen) atoms. The van der Waals surface area contributed by atoms with E-state index in [9.17, 15) is 0 Å². The van der Waals surface area contributed by atoms with Crippen molar-refractivity contribution in [1.29, 1.82) is 5.26 Å². The molecule has 2 aromatic heterocycles. The van der Waals surface area contributed by atoms with Gasteiger partial charge >= 0.3 is 0 Å². The molecular formula is C12H8N6. The molecule has 3 rings (SSSR count). The normalized spacial score (nSPS) is 10.4. The van der Waals surface area contributed by atoms with Crippen molar-refractivity contribution in [2.24, 2.45) is 0 Å². The summed E-state index contributed by atoms with van der Waals surface area (Å²) in [5.41, 5.74) is 8.38. The van der Waals surface area contributed by atoms with Gasteiger partial charge in [-0.3, -0.25) is 0 Å². The Kier molecular flexibility index (Phi) is 2.17. The first kappa shape index (κ1) is 10.2. The van der Waals surface area contributed by atoms with Crippen LogP contribution in [-0.2, 0) is 0 Å². The Morgan fingerprint density at radius 2 is 2.22 bits per heavy atom. The average molecular weight is 236 g/mol. The number of aromatic nitrogens is 4. The van der Waals surface area contributed by atoms with Crippen LogP contribution in [0.4, 0.5) is 5.82 Å². The Labute approximate surface area is 102 Å². The van der Waals surface area contributed by atoms with E-state index in [0.29, 0.717) is 22.7 Å². The van der Waals surface area contributed by atoms with Gasteiger partial charge in [-0.15, -0.1) is 0 Å². The zero-order valence-electron chi connectivity index (χ0n) is 9.28. The smallest absolute Gasteiger partial charge is 0.198 e. The SMILES string of the molecule is N#Cc1cccc(-c2cn3ncnc3c(N)n2)c1. The minimum absolute atomic E-state index is 0.312. The number of hydrogen-bond donors (Lipinski definition) is 1. The molecule has 0 aliphatic carbocycles. The lowest BCUT2D eigenvalue weighted by atomic mass is 10.1. The average Bonchev–Trinajstić information content (AvgIpc) is 2.87. The molecule has 0 saturated carbocycles. The molecule has 0 aliphatic heterocycles. The van der Waals surface area contributed by atoms with Crippen LogP contribution in [0.2, 0.25) is 0 Å². The quantitative estimate of drug-likeness (QED) is 0.686. The highest BCUT2D eigenvalue weighted by Crippen LogP contribution is 2.20. The van der Waals surface area contributed by atoms with Crippen molar-refractivity contribution in [2.75, 3.05) is 5.73 Å². The van der Waals surface area contributed by atoms with Crippen LogP contribution in [0.3, 0.4) is 0 Å². The van der Waals surface area contributed by atoms with E-state index >= 15 is 0 Å². The maximum atomic E-state index is 8.88. The molecule has 0 spiro atoms. The first-order chi connectivity index (χ1) is 8.78. The Balaban J connectivity index is 2.22. The molecular weight excluding hydrogens is 228 g/mol. The number of hydrogen-bond acceptors (Lipinski definition) is 5. The van der Waals surface area contributed by atoms with Crippen LogP contribution in [0.1, 0.15) is 5.56 Å². The van der Waals surface area contributed by atoms with E-state index in [2.05, 4.69) is 21.1 Å². The van der Waals surface area contributed by atoms with E-state index < -0.39 is 0 Å². The number of fused-ring (bicyclic) bond motifs is 1. The second-order valence-corrected chi connectivity index (χ2v) is 3.73. The summed E-state index contributed by atoms with van der Waals surface area (Å²) in [6, 6.07) is 9.25. The van der Waals surface area contributed by atoms with Crippen LogP contribution in [0.5, 0.6) is 0 Å². The van der Waals surface area contributed by atoms with Gasteiger partial charge in [0.1, 0.15) is 6.33 Å². The fourth-order valence-electron chi connectivity index (χ4n) is 1.74. The van der Waals surface area contributed by atoms with Gasteiger partial charge in [-0.1, -0.05) is 12.1 Å². The highest BCUT2D eigenvalue weighted by atomic mass is 15.3. The largest absolute Gasteiger partial charge is 0.381 e. The lowest BCUT2D eigenvalue weighted by molar-refractivity contribution is 0.951. The summed E-state index contributed by atoms with van der Waals surface area (Å²) in [5, 5.41) is 12.9. The number of nitrogens with two attached hydrogens (primary N) is 1. The number of benzene rings is 1. The van der Waals surface area contributed by atoms with Crippen LogP contribution < -0.4 is 5.73 Å². The molecule has 1 aromatic carbocycles. The van der Waals surface area contributed by atoms with Gasteiger partial charge in [-0.25, -0.2) is 14.5 Å². The molecule has 0 bridgehead atoms. The zero-order chi connectivity index (χ0) is 12.5. The molecule has 0 amide bonds. The van der Waals surface area contributed by atoms with Crippen molar-refractivity contribution in [3.8, 4) is 17.3 Å². The lowest BCUT2D eigenvalue weighted by Crippen LogP contribution is -2.00. The van der Waals surface area contributed by atoms with E-state index in [1.165, 1.54) is 6.33 Å². The highest BCUT2D eigenvalue weighted by molar-refractivity contribution is 5.67. The maximum Gasteiger partial charge on any atom is 0.198 e. The summed E-state index contributed by atoms with van der Waals surface area (Å²) in [7, 11) is 0. The molecule has 0 saturated heterocycles. The summed E-state index contributed by atoms with van der Waals surface area (Å²) >= 11 is 0. The first-order valence-corrected chi connectivity index (χ1v) is 5.24. The molecule has 0 radical (unpaired) electrons. The third kappa shape index (κ3) is 1.55. The minimum Gasteiger partial charge on any atom is -0.381 e. The Morgan fingerprint density at radius 3 is 3.06 bits per heavy atom. The van der Waals surface area contributed by atoms with Gasteiger partial charge in [0.15, 0.2) is 11.5 Å². The van der Waals surface area contributed by atoms with Crippen molar-refractivity contribution in [3.63, 3.8) is 0 Å². The topological polar surface area (TPSA) is 92.9 Å². The first-order valence-electron chi connectivity index (χ1n) is 5.24. The molecule has 6 heteroatoms. The van der Waals surface area contributed by atoms with E-state index in [1.54, 1.807) is 28.9 Å². The minimum atomic E-state index is 0.312. The van der Waals surface area contributed by atoms with Crippen molar-refractivity contribution >= 4 is 11.5 Å². The van der Waals surface area contributed by atoms with Crippen molar-refractivity contribution in [3.05, 3.63) is 42.4 Å². The molecule has 2 N–H and O–H groups in total. The Morgan fingerprint density at radius 1 is 1.33 bits per heavy atom. The monoisotopic (exact) mass is 236 g/mol.